The van der Waals surface area contributed by atoms with E-state index in [0.717, 1.165) is 74.8 Å². The Morgan fingerprint density at radius 3 is 1.35 bits per heavy atom. The SMILES string of the molecule is C(#Cc1cc(C#CCCC[n+]2cccc3ccccc32)cc(C#CCCC[n+]2cccc3ccccc32)c1)CCC[n+]1ccc2ccccc2c1. The van der Waals surface area contributed by atoms with Crippen LogP contribution in [-0.2, 0) is 19.6 Å². The van der Waals surface area contributed by atoms with Gasteiger partial charge in [-0.1, -0.05) is 78.0 Å². The summed E-state index contributed by atoms with van der Waals surface area (Å²) in [7, 11) is 0. The first-order valence-corrected chi connectivity index (χ1v) is 18.0. The second-order valence-corrected chi connectivity index (χ2v) is 12.8. The van der Waals surface area contributed by atoms with Crippen molar-refractivity contribution in [2.45, 2.75) is 58.2 Å². The van der Waals surface area contributed by atoms with Crippen LogP contribution in [0.15, 0.2) is 146 Å². The minimum absolute atomic E-state index is 0.825. The molecule has 0 saturated carbocycles. The third-order valence-electron chi connectivity index (χ3n) is 9.07. The van der Waals surface area contributed by atoms with Crippen LogP contribution >= 0.6 is 0 Å². The maximum absolute atomic E-state index is 3.43. The normalized spacial score (nSPS) is 10.6. The Labute approximate surface area is 301 Å². The van der Waals surface area contributed by atoms with Gasteiger partial charge in [0, 0.05) is 102 Å². The number of unbranched alkanes of at least 4 members (excludes halogenated alkanes) is 3. The Balaban J connectivity index is 1.00. The zero-order valence-electron chi connectivity index (χ0n) is 29.1. The zero-order valence-corrected chi connectivity index (χ0v) is 29.1. The van der Waals surface area contributed by atoms with Gasteiger partial charge in [0.15, 0.2) is 24.8 Å². The summed E-state index contributed by atoms with van der Waals surface area (Å²) in [5, 5.41) is 5.05. The molecular weight excluding hydrogens is 619 g/mol. The number of hydrogen-bond donors (Lipinski definition) is 0. The number of rotatable bonds is 9. The van der Waals surface area contributed by atoms with Crippen molar-refractivity contribution in [3.05, 3.63) is 163 Å². The lowest BCUT2D eigenvalue weighted by molar-refractivity contribution is -0.695. The number of pyridine rings is 3. The van der Waals surface area contributed by atoms with E-state index in [1.165, 1.54) is 32.6 Å². The summed E-state index contributed by atoms with van der Waals surface area (Å²) < 4.78 is 6.89. The highest BCUT2D eigenvalue weighted by atomic mass is 14.9. The predicted octanol–water partition coefficient (Wildman–Crippen LogP) is 8.50. The molecule has 7 aromatic rings. The highest BCUT2D eigenvalue weighted by molar-refractivity contribution is 5.80. The molecule has 0 bridgehead atoms. The molecule has 0 N–H and O–H groups in total. The van der Waals surface area contributed by atoms with Gasteiger partial charge in [-0.25, -0.2) is 4.57 Å². The van der Waals surface area contributed by atoms with Gasteiger partial charge in [-0.2, -0.15) is 9.13 Å². The molecule has 7 rings (SSSR count). The Kier molecular flexibility index (Phi) is 11.1. The molecule has 51 heavy (non-hydrogen) atoms. The lowest BCUT2D eigenvalue weighted by atomic mass is 10.1. The van der Waals surface area contributed by atoms with E-state index < -0.39 is 0 Å². The van der Waals surface area contributed by atoms with Crippen molar-refractivity contribution in [3.8, 4) is 35.5 Å². The van der Waals surface area contributed by atoms with Gasteiger partial charge in [0.05, 0.1) is 0 Å². The number of aryl methyl sites for hydroxylation is 3. The molecule has 4 aromatic carbocycles. The summed E-state index contributed by atoms with van der Waals surface area (Å²) in [6.07, 6.45) is 14.1. The standard InChI is InChI=1S/C48H42N3/c1(13-30-49-35-29-43-21-7-8-24-46(43)39-49)4-18-40-36-41(19-5-2-14-31-50-33-16-25-44-22-9-11-27-47(44)50)38-42(37-40)20-6-3-15-32-51-34-17-26-45-23-10-12-28-48(45)51/h7-12,16-17,21-29,33-39H,1-3,13-15,30-32H2/q+3. The topological polar surface area (TPSA) is 11.6 Å². The van der Waals surface area contributed by atoms with Gasteiger partial charge < -0.3 is 0 Å². The second-order valence-electron chi connectivity index (χ2n) is 12.8. The average Bonchev–Trinajstić information content (AvgIpc) is 3.17. The molecule has 3 aromatic heterocycles. The minimum atomic E-state index is 0.825. The van der Waals surface area contributed by atoms with Crippen LogP contribution in [0.2, 0.25) is 0 Å². The van der Waals surface area contributed by atoms with E-state index in [0.29, 0.717) is 0 Å². The number of fused-ring (bicyclic) bond motifs is 3. The fraction of sp³-hybridized carbons (Fsp3) is 0.188. The van der Waals surface area contributed by atoms with Gasteiger partial charge in [-0.3, -0.25) is 0 Å². The van der Waals surface area contributed by atoms with Crippen molar-refractivity contribution in [3.63, 3.8) is 0 Å². The summed E-state index contributed by atoms with van der Waals surface area (Å²) in [6, 6.07) is 42.6. The first-order valence-electron chi connectivity index (χ1n) is 18.0. The van der Waals surface area contributed by atoms with E-state index in [-0.39, 0.29) is 0 Å². The van der Waals surface area contributed by atoms with Crippen molar-refractivity contribution in [1.29, 1.82) is 0 Å². The van der Waals surface area contributed by atoms with Crippen LogP contribution in [0.3, 0.4) is 0 Å². The molecule has 0 radical (unpaired) electrons. The van der Waals surface area contributed by atoms with E-state index in [1.54, 1.807) is 0 Å². The first kappa shape index (κ1) is 33.3. The average molecular weight is 661 g/mol. The molecule has 0 amide bonds. The maximum atomic E-state index is 3.43. The molecule has 3 heterocycles. The highest BCUT2D eigenvalue weighted by Gasteiger charge is 2.08. The van der Waals surface area contributed by atoms with Gasteiger partial charge in [-0.05, 0) is 53.9 Å². The smallest absolute Gasteiger partial charge is 0.204 e. The first-order chi connectivity index (χ1) is 25.3. The van der Waals surface area contributed by atoms with E-state index >= 15 is 0 Å². The van der Waals surface area contributed by atoms with Crippen LogP contribution in [0.1, 0.15) is 55.2 Å². The van der Waals surface area contributed by atoms with Crippen LogP contribution < -0.4 is 13.7 Å². The Bertz CT molecular complexity index is 2360. The number of benzene rings is 4. The summed E-state index contributed by atoms with van der Waals surface area (Å²) in [6.45, 7) is 2.82. The Morgan fingerprint density at radius 2 is 0.824 bits per heavy atom. The Hall–Kier alpha value is -6.21. The third-order valence-corrected chi connectivity index (χ3v) is 9.07. The molecule has 0 aliphatic carbocycles. The molecule has 246 valence electrons. The number of nitrogens with zero attached hydrogens (tertiary/aromatic N) is 3. The fourth-order valence-corrected chi connectivity index (χ4v) is 6.51. The van der Waals surface area contributed by atoms with Gasteiger partial charge in [0.1, 0.15) is 19.6 Å². The van der Waals surface area contributed by atoms with Crippen LogP contribution in [0.5, 0.6) is 0 Å². The van der Waals surface area contributed by atoms with Gasteiger partial charge in [0.25, 0.3) is 0 Å². The van der Waals surface area contributed by atoms with Gasteiger partial charge in [0.2, 0.25) is 11.0 Å². The fourth-order valence-electron chi connectivity index (χ4n) is 6.51. The summed E-state index contributed by atoms with van der Waals surface area (Å²) in [5.74, 6) is 20.5. The highest BCUT2D eigenvalue weighted by Crippen LogP contribution is 2.12. The summed E-state index contributed by atoms with van der Waals surface area (Å²) in [4.78, 5) is 0. The van der Waals surface area contributed by atoms with Crippen LogP contribution in [0, 0.1) is 35.5 Å². The molecule has 0 saturated heterocycles. The number of para-hydroxylation sites is 2. The van der Waals surface area contributed by atoms with Crippen molar-refractivity contribution >= 4 is 32.6 Å². The summed E-state index contributed by atoms with van der Waals surface area (Å²) >= 11 is 0. The quantitative estimate of drug-likeness (QED) is 0.0836. The monoisotopic (exact) mass is 660 g/mol. The molecule has 0 aliphatic heterocycles. The molecule has 0 aliphatic rings. The maximum Gasteiger partial charge on any atom is 0.212 e. The summed E-state index contributed by atoms with van der Waals surface area (Å²) in [5.41, 5.74) is 5.44. The molecular formula is C48H42N3+3. The van der Waals surface area contributed by atoms with E-state index in [9.17, 15) is 0 Å². The van der Waals surface area contributed by atoms with Gasteiger partial charge in [-0.15, -0.1) is 0 Å². The van der Waals surface area contributed by atoms with E-state index in [4.69, 9.17) is 0 Å². The molecule has 3 heteroatoms. The molecule has 3 nitrogen and oxygen atoms in total. The van der Waals surface area contributed by atoms with Crippen LogP contribution in [-0.4, -0.2) is 0 Å². The third kappa shape index (κ3) is 9.08. The minimum Gasteiger partial charge on any atom is -0.204 e. The molecule has 0 unspecified atom stereocenters. The van der Waals surface area contributed by atoms with Crippen molar-refractivity contribution in [2.75, 3.05) is 0 Å². The lowest BCUT2D eigenvalue weighted by Crippen LogP contribution is -2.33. The van der Waals surface area contributed by atoms with E-state index in [1.807, 2.05) is 0 Å². The largest absolute Gasteiger partial charge is 0.212 e. The molecule has 0 fully saturated rings. The van der Waals surface area contributed by atoms with Gasteiger partial charge >= 0.3 is 0 Å². The van der Waals surface area contributed by atoms with Crippen LogP contribution in [0.25, 0.3) is 32.6 Å². The number of aromatic nitrogens is 3. The van der Waals surface area contributed by atoms with Crippen molar-refractivity contribution < 1.29 is 13.7 Å². The van der Waals surface area contributed by atoms with E-state index in [2.05, 4.69) is 195 Å². The zero-order chi connectivity index (χ0) is 34.5. The predicted molar refractivity (Wildman–Crippen MR) is 207 cm³/mol. The molecule has 0 atom stereocenters. The Morgan fingerprint density at radius 1 is 0.392 bits per heavy atom. The number of hydrogen-bond acceptors (Lipinski definition) is 0. The van der Waals surface area contributed by atoms with Crippen LogP contribution in [0.4, 0.5) is 0 Å². The second kappa shape index (κ2) is 16.9. The molecule has 0 spiro atoms. The van der Waals surface area contributed by atoms with Crippen molar-refractivity contribution in [1.82, 2.24) is 0 Å². The van der Waals surface area contributed by atoms with Crippen molar-refractivity contribution in [2.24, 2.45) is 0 Å². The lowest BCUT2D eigenvalue weighted by Gasteiger charge is -2.00.